The van der Waals surface area contributed by atoms with Crippen molar-refractivity contribution in [2.24, 2.45) is 0 Å². The van der Waals surface area contributed by atoms with Crippen molar-refractivity contribution in [3.05, 3.63) is 42.2 Å². The van der Waals surface area contributed by atoms with Crippen LogP contribution in [0.1, 0.15) is 12.6 Å². The highest BCUT2D eigenvalue weighted by Gasteiger charge is 2.19. The summed E-state index contributed by atoms with van der Waals surface area (Å²) in [4.78, 5) is 20.2. The molecule has 1 unspecified atom stereocenters. The molecule has 152 valence electrons. The highest BCUT2D eigenvalue weighted by atomic mass is 32.2. The number of nitrogens with zero attached hydrogens (tertiary/aromatic N) is 4. The molecule has 0 saturated carbocycles. The predicted molar refractivity (Wildman–Crippen MR) is 112 cm³/mol. The van der Waals surface area contributed by atoms with Crippen molar-refractivity contribution in [2.45, 2.75) is 28.3 Å². The monoisotopic (exact) mass is 451 g/mol. The maximum absolute atomic E-state index is 12.5. The van der Waals surface area contributed by atoms with Gasteiger partial charge in [-0.2, -0.15) is 0 Å². The molecule has 0 fully saturated rings. The Morgan fingerprint density at radius 1 is 1.21 bits per heavy atom. The molecule has 0 spiro atoms. The highest BCUT2D eigenvalue weighted by Crippen LogP contribution is 2.28. The highest BCUT2D eigenvalue weighted by molar-refractivity contribution is 8.02. The molecule has 0 aliphatic carbocycles. The lowest BCUT2D eigenvalue weighted by Crippen LogP contribution is -2.22. The van der Waals surface area contributed by atoms with E-state index in [1.165, 1.54) is 53.6 Å². The number of nitrogens with two attached hydrogens (primary N) is 1. The van der Waals surface area contributed by atoms with Crippen LogP contribution in [0.3, 0.4) is 0 Å². The fourth-order valence-electron chi connectivity index (χ4n) is 2.11. The number of aromatic nitrogens is 4. The smallest absolute Gasteiger partial charge is 0.264 e. The van der Waals surface area contributed by atoms with Crippen molar-refractivity contribution >= 4 is 55.8 Å². The number of nitrogen functional groups attached to an aromatic ring is 1. The summed E-state index contributed by atoms with van der Waals surface area (Å²) in [5.41, 5.74) is 6.63. The molecule has 0 aliphatic heterocycles. The largest absolute Gasteiger partial charge is 0.374 e. The molecule has 0 saturated heterocycles. The van der Waals surface area contributed by atoms with Gasteiger partial charge >= 0.3 is 0 Å². The van der Waals surface area contributed by atoms with E-state index in [0.717, 1.165) is 0 Å². The summed E-state index contributed by atoms with van der Waals surface area (Å²) in [6, 6.07) is 7.44. The van der Waals surface area contributed by atoms with Gasteiger partial charge in [-0.05, 0) is 44.2 Å². The predicted octanol–water partition coefficient (Wildman–Crippen LogP) is 2.14. The van der Waals surface area contributed by atoms with Crippen molar-refractivity contribution in [2.75, 3.05) is 15.8 Å². The van der Waals surface area contributed by atoms with Crippen molar-refractivity contribution < 1.29 is 13.2 Å². The third-order valence-corrected chi connectivity index (χ3v) is 6.80. The van der Waals surface area contributed by atoms with Gasteiger partial charge in [0.15, 0.2) is 4.34 Å². The van der Waals surface area contributed by atoms with Gasteiger partial charge in [0.2, 0.25) is 17.0 Å². The van der Waals surface area contributed by atoms with Crippen LogP contribution in [-0.4, -0.2) is 39.7 Å². The van der Waals surface area contributed by atoms with Gasteiger partial charge in [-0.15, -0.1) is 10.2 Å². The molecule has 0 bridgehead atoms. The molecule has 2 aromatic heterocycles. The number of hydrogen-bond acceptors (Lipinski definition) is 10. The molecule has 1 aromatic carbocycles. The maximum Gasteiger partial charge on any atom is 0.264 e. The number of anilines is 3. The summed E-state index contributed by atoms with van der Waals surface area (Å²) >= 11 is 2.44. The van der Waals surface area contributed by atoms with Crippen LogP contribution >= 0.6 is 23.1 Å². The van der Waals surface area contributed by atoms with Crippen molar-refractivity contribution in [1.82, 2.24) is 20.2 Å². The van der Waals surface area contributed by atoms with E-state index in [-0.39, 0.29) is 16.8 Å². The van der Waals surface area contributed by atoms with Crippen LogP contribution in [0.2, 0.25) is 0 Å². The van der Waals surface area contributed by atoms with Gasteiger partial charge in [0.1, 0.15) is 0 Å². The fraction of sp³-hybridized carbons (Fsp3) is 0.188. The summed E-state index contributed by atoms with van der Waals surface area (Å²) in [5.74, 6) is -0.267. The first kappa shape index (κ1) is 21.0. The molecule has 3 rings (SSSR count). The lowest BCUT2D eigenvalue weighted by molar-refractivity contribution is -0.115. The molecular formula is C16H17N7O3S3. The zero-order chi connectivity index (χ0) is 21.0. The third-order valence-electron chi connectivity index (χ3n) is 3.52. The lowest BCUT2D eigenvalue weighted by atomic mass is 10.3. The van der Waals surface area contributed by atoms with Gasteiger partial charge in [0.05, 0.1) is 10.1 Å². The Kier molecular flexibility index (Phi) is 6.30. The van der Waals surface area contributed by atoms with E-state index in [9.17, 15) is 13.2 Å². The minimum absolute atomic E-state index is 0.00876. The fourth-order valence-corrected chi connectivity index (χ4v) is 4.84. The second kappa shape index (κ2) is 8.71. The number of benzene rings is 1. The van der Waals surface area contributed by atoms with Crippen LogP contribution in [0.15, 0.2) is 45.8 Å². The van der Waals surface area contributed by atoms with E-state index < -0.39 is 15.3 Å². The Morgan fingerprint density at radius 2 is 1.93 bits per heavy atom. The van der Waals surface area contributed by atoms with E-state index in [0.29, 0.717) is 20.9 Å². The molecule has 3 aromatic rings. The van der Waals surface area contributed by atoms with Crippen molar-refractivity contribution in [3.63, 3.8) is 0 Å². The van der Waals surface area contributed by atoms with Gasteiger partial charge in [-0.25, -0.2) is 23.1 Å². The number of sulfonamides is 1. The minimum atomic E-state index is -3.85. The molecule has 13 heteroatoms. The quantitative estimate of drug-likeness (QED) is 0.458. The lowest BCUT2D eigenvalue weighted by Gasteiger charge is -2.11. The summed E-state index contributed by atoms with van der Waals surface area (Å²) in [7, 11) is -3.85. The summed E-state index contributed by atoms with van der Waals surface area (Å²) in [6.07, 6.45) is 1.47. The summed E-state index contributed by atoms with van der Waals surface area (Å²) in [6.45, 7) is 3.46. The average Bonchev–Trinajstić information content (AvgIpc) is 3.06. The number of rotatable bonds is 7. The molecule has 0 aliphatic rings. The number of thioether (sulfide) groups is 1. The second-order valence-corrected chi connectivity index (χ2v) is 10.1. The van der Waals surface area contributed by atoms with Crippen LogP contribution in [0.4, 0.5) is 16.8 Å². The molecule has 1 amide bonds. The minimum Gasteiger partial charge on any atom is -0.374 e. The van der Waals surface area contributed by atoms with E-state index in [1.807, 2.05) is 0 Å². The van der Waals surface area contributed by atoms with E-state index >= 15 is 0 Å². The number of nitrogens with one attached hydrogen (secondary N) is 2. The first-order chi connectivity index (χ1) is 13.7. The summed E-state index contributed by atoms with van der Waals surface area (Å²) < 4.78 is 27.8. The molecule has 2 heterocycles. The van der Waals surface area contributed by atoms with Crippen LogP contribution in [0, 0.1) is 6.92 Å². The third kappa shape index (κ3) is 5.62. The van der Waals surface area contributed by atoms with Crippen LogP contribution in [0.25, 0.3) is 0 Å². The van der Waals surface area contributed by atoms with E-state index in [4.69, 9.17) is 5.73 Å². The number of carbonyl (C=O) groups excluding carboxylic acids is 1. The normalized spacial score (nSPS) is 12.3. The van der Waals surface area contributed by atoms with Crippen LogP contribution < -0.4 is 15.8 Å². The number of amides is 1. The first-order valence-corrected chi connectivity index (χ1v) is 11.4. The van der Waals surface area contributed by atoms with Gasteiger partial charge in [0.25, 0.3) is 10.0 Å². The molecule has 10 nitrogen and oxygen atoms in total. The zero-order valence-electron chi connectivity index (χ0n) is 15.4. The number of carbonyl (C=O) groups is 1. The van der Waals surface area contributed by atoms with Crippen molar-refractivity contribution in [3.8, 4) is 0 Å². The Morgan fingerprint density at radius 3 is 2.55 bits per heavy atom. The molecule has 4 N–H and O–H groups in total. The molecule has 29 heavy (non-hydrogen) atoms. The first-order valence-electron chi connectivity index (χ1n) is 8.22. The molecule has 0 radical (unpaired) electrons. The van der Waals surface area contributed by atoms with E-state index in [1.54, 1.807) is 19.9 Å². The SMILES string of the molecule is Cc1ccnc(NS(=O)(=O)c2ccc(NC(=O)C(C)Sc3nnc(N)s3)cc2)n1. The zero-order valence-corrected chi connectivity index (χ0v) is 17.8. The Labute approximate surface area is 175 Å². The Bertz CT molecular complexity index is 1120. The van der Waals surface area contributed by atoms with E-state index in [2.05, 4.69) is 30.2 Å². The van der Waals surface area contributed by atoms with Gasteiger partial charge in [-0.1, -0.05) is 23.1 Å². The Balaban J connectivity index is 1.63. The number of hydrogen-bond donors (Lipinski definition) is 3. The molecule has 1 atom stereocenters. The topological polar surface area (TPSA) is 153 Å². The van der Waals surface area contributed by atoms with Crippen LogP contribution in [-0.2, 0) is 14.8 Å². The standard InChI is InChI=1S/C16H17N7O3S3/c1-9-7-8-18-15(19-9)23-29(25,26)12-5-3-11(4-6-12)20-13(24)10(2)27-16-22-21-14(17)28-16/h3-8,10H,1-2H3,(H2,17,21)(H,20,24)(H,18,19,23). The van der Waals surface area contributed by atoms with Crippen LogP contribution in [0.5, 0.6) is 0 Å². The number of aryl methyl sites for hydroxylation is 1. The Hall–Kier alpha value is -2.77. The van der Waals surface area contributed by atoms with Crippen molar-refractivity contribution in [1.29, 1.82) is 0 Å². The summed E-state index contributed by atoms with van der Waals surface area (Å²) in [5, 5.41) is 10.2. The van der Waals surface area contributed by atoms with Gasteiger partial charge in [0, 0.05) is 17.6 Å². The van der Waals surface area contributed by atoms with Gasteiger partial charge < -0.3 is 11.1 Å². The maximum atomic E-state index is 12.5. The second-order valence-electron chi connectivity index (χ2n) is 5.81. The van der Waals surface area contributed by atoms with Gasteiger partial charge in [-0.3, -0.25) is 4.79 Å². The average molecular weight is 452 g/mol. The molecular weight excluding hydrogens is 434 g/mol.